The SMILES string of the molecule is CC1(CN2C(=O)CSC2=O)CCC1. The van der Waals surface area contributed by atoms with Crippen LogP contribution in [0.4, 0.5) is 4.79 Å². The zero-order valence-corrected chi connectivity index (χ0v) is 8.52. The summed E-state index contributed by atoms with van der Waals surface area (Å²) in [6.45, 7) is 2.79. The van der Waals surface area contributed by atoms with Crippen LogP contribution in [-0.4, -0.2) is 28.3 Å². The molecule has 0 spiro atoms. The van der Waals surface area contributed by atoms with Gasteiger partial charge in [0.15, 0.2) is 0 Å². The van der Waals surface area contributed by atoms with Gasteiger partial charge in [-0.1, -0.05) is 25.1 Å². The van der Waals surface area contributed by atoms with Gasteiger partial charge < -0.3 is 0 Å². The molecular weight excluding hydrogens is 186 g/mol. The fraction of sp³-hybridized carbons (Fsp3) is 0.778. The fourth-order valence-corrected chi connectivity index (χ4v) is 2.58. The van der Waals surface area contributed by atoms with Gasteiger partial charge in [0.05, 0.1) is 5.75 Å². The molecule has 4 heteroatoms. The van der Waals surface area contributed by atoms with Crippen molar-refractivity contribution in [2.24, 2.45) is 5.41 Å². The number of thioether (sulfide) groups is 1. The number of imide groups is 1. The van der Waals surface area contributed by atoms with Crippen molar-refractivity contribution in [2.45, 2.75) is 26.2 Å². The molecule has 2 aliphatic rings. The zero-order valence-electron chi connectivity index (χ0n) is 7.71. The summed E-state index contributed by atoms with van der Waals surface area (Å²) in [5, 5.41) is -0.0573. The molecule has 1 saturated carbocycles. The standard InChI is InChI=1S/C9H13NO2S/c1-9(3-2-4-9)6-10-7(11)5-13-8(10)12/h2-6H2,1H3. The topological polar surface area (TPSA) is 37.4 Å². The summed E-state index contributed by atoms with van der Waals surface area (Å²) in [5.41, 5.74) is 0.218. The third kappa shape index (κ3) is 1.59. The normalized spacial score (nSPS) is 26.4. The molecule has 0 radical (unpaired) electrons. The molecule has 13 heavy (non-hydrogen) atoms. The number of hydrogen-bond acceptors (Lipinski definition) is 3. The van der Waals surface area contributed by atoms with E-state index in [-0.39, 0.29) is 16.6 Å². The first kappa shape index (κ1) is 9.06. The van der Waals surface area contributed by atoms with Crippen LogP contribution in [-0.2, 0) is 4.79 Å². The molecule has 0 aromatic heterocycles. The Morgan fingerprint density at radius 2 is 2.15 bits per heavy atom. The maximum absolute atomic E-state index is 11.3. The van der Waals surface area contributed by atoms with Gasteiger partial charge in [-0.2, -0.15) is 0 Å². The molecular formula is C9H13NO2S. The number of nitrogens with zero attached hydrogens (tertiary/aromatic N) is 1. The second-order valence-electron chi connectivity index (χ2n) is 4.20. The van der Waals surface area contributed by atoms with Gasteiger partial charge in [0.1, 0.15) is 0 Å². The van der Waals surface area contributed by atoms with E-state index in [0.29, 0.717) is 12.3 Å². The minimum atomic E-state index is -0.0573. The van der Waals surface area contributed by atoms with Crippen LogP contribution in [0.15, 0.2) is 0 Å². The van der Waals surface area contributed by atoms with Gasteiger partial charge in [0.25, 0.3) is 5.24 Å². The molecule has 2 amide bonds. The van der Waals surface area contributed by atoms with Crippen molar-refractivity contribution >= 4 is 22.9 Å². The Bertz CT molecular complexity index is 244. The number of carbonyl (C=O) groups excluding carboxylic acids is 2. The van der Waals surface area contributed by atoms with Gasteiger partial charge in [-0.05, 0) is 18.3 Å². The van der Waals surface area contributed by atoms with Gasteiger partial charge in [0.2, 0.25) is 5.91 Å². The Labute approximate surface area is 81.9 Å². The molecule has 2 rings (SSSR count). The van der Waals surface area contributed by atoms with Gasteiger partial charge in [-0.15, -0.1) is 0 Å². The second kappa shape index (κ2) is 3.01. The van der Waals surface area contributed by atoms with E-state index in [0.717, 1.165) is 24.6 Å². The average molecular weight is 199 g/mol. The monoisotopic (exact) mass is 199 g/mol. The third-order valence-electron chi connectivity index (χ3n) is 2.94. The Hall–Kier alpha value is -0.510. The van der Waals surface area contributed by atoms with Crippen molar-refractivity contribution < 1.29 is 9.59 Å². The second-order valence-corrected chi connectivity index (χ2v) is 5.13. The van der Waals surface area contributed by atoms with Gasteiger partial charge in [-0.3, -0.25) is 14.5 Å². The molecule has 0 unspecified atom stereocenters. The van der Waals surface area contributed by atoms with Crippen molar-refractivity contribution in [3.05, 3.63) is 0 Å². The highest BCUT2D eigenvalue weighted by Gasteiger charge is 2.39. The van der Waals surface area contributed by atoms with Gasteiger partial charge in [-0.25, -0.2) is 0 Å². The highest BCUT2D eigenvalue weighted by atomic mass is 32.2. The number of carbonyl (C=O) groups is 2. The molecule has 0 N–H and O–H groups in total. The van der Waals surface area contributed by atoms with E-state index in [9.17, 15) is 9.59 Å². The maximum Gasteiger partial charge on any atom is 0.288 e. The molecule has 0 aromatic rings. The van der Waals surface area contributed by atoms with E-state index in [2.05, 4.69) is 6.92 Å². The van der Waals surface area contributed by atoms with Crippen LogP contribution in [0.2, 0.25) is 0 Å². The molecule has 1 saturated heterocycles. The van der Waals surface area contributed by atoms with Crippen LogP contribution in [0, 0.1) is 5.41 Å². The molecule has 72 valence electrons. The predicted octanol–water partition coefficient (Wildman–Crippen LogP) is 1.87. The summed E-state index contributed by atoms with van der Waals surface area (Å²) in [7, 11) is 0. The Kier molecular flexibility index (Phi) is 2.10. The summed E-state index contributed by atoms with van der Waals surface area (Å²) in [4.78, 5) is 24.0. The number of rotatable bonds is 2. The molecule has 2 fully saturated rings. The number of hydrogen-bond donors (Lipinski definition) is 0. The van der Waals surface area contributed by atoms with E-state index >= 15 is 0 Å². The van der Waals surface area contributed by atoms with E-state index < -0.39 is 0 Å². The summed E-state index contributed by atoms with van der Waals surface area (Å²) >= 11 is 1.13. The smallest absolute Gasteiger partial charge is 0.273 e. The summed E-state index contributed by atoms with van der Waals surface area (Å²) in [6.07, 6.45) is 3.53. The molecule has 1 aliphatic carbocycles. The van der Waals surface area contributed by atoms with Crippen LogP contribution in [0.1, 0.15) is 26.2 Å². The van der Waals surface area contributed by atoms with Gasteiger partial charge in [0, 0.05) is 6.54 Å². The van der Waals surface area contributed by atoms with Crippen molar-refractivity contribution in [3.8, 4) is 0 Å². The molecule has 0 bridgehead atoms. The third-order valence-corrected chi connectivity index (χ3v) is 3.80. The number of amides is 2. The summed E-state index contributed by atoms with van der Waals surface area (Å²) < 4.78 is 0. The largest absolute Gasteiger partial charge is 0.288 e. The van der Waals surface area contributed by atoms with E-state index in [1.807, 2.05) is 0 Å². The fourth-order valence-electron chi connectivity index (χ4n) is 1.85. The molecule has 1 aliphatic heterocycles. The van der Waals surface area contributed by atoms with E-state index in [4.69, 9.17) is 0 Å². The lowest BCUT2D eigenvalue weighted by atomic mass is 9.70. The van der Waals surface area contributed by atoms with Gasteiger partial charge >= 0.3 is 0 Å². The van der Waals surface area contributed by atoms with Crippen molar-refractivity contribution in [1.82, 2.24) is 4.90 Å². The average Bonchev–Trinajstić information content (AvgIpc) is 2.33. The van der Waals surface area contributed by atoms with Crippen molar-refractivity contribution in [3.63, 3.8) is 0 Å². The van der Waals surface area contributed by atoms with E-state index in [1.165, 1.54) is 11.3 Å². The quantitative estimate of drug-likeness (QED) is 0.681. The summed E-state index contributed by atoms with van der Waals surface area (Å²) in [6, 6.07) is 0. The van der Waals surface area contributed by atoms with Crippen molar-refractivity contribution in [1.29, 1.82) is 0 Å². The minimum absolute atomic E-state index is 0.0110. The Morgan fingerprint density at radius 1 is 1.46 bits per heavy atom. The van der Waals surface area contributed by atoms with Crippen LogP contribution in [0.3, 0.4) is 0 Å². The predicted molar refractivity (Wildman–Crippen MR) is 51.5 cm³/mol. The van der Waals surface area contributed by atoms with Crippen LogP contribution >= 0.6 is 11.8 Å². The minimum Gasteiger partial charge on any atom is -0.273 e. The first-order chi connectivity index (χ1) is 6.11. The maximum atomic E-state index is 11.3. The first-order valence-corrected chi connectivity index (χ1v) is 5.56. The Morgan fingerprint density at radius 3 is 2.54 bits per heavy atom. The lowest BCUT2D eigenvalue weighted by Crippen LogP contribution is -2.42. The molecule has 0 atom stereocenters. The first-order valence-electron chi connectivity index (χ1n) is 4.58. The molecule has 0 aromatic carbocycles. The van der Waals surface area contributed by atoms with E-state index in [1.54, 1.807) is 0 Å². The van der Waals surface area contributed by atoms with Crippen LogP contribution in [0.5, 0.6) is 0 Å². The highest BCUT2D eigenvalue weighted by molar-refractivity contribution is 8.14. The molecule has 3 nitrogen and oxygen atoms in total. The Balaban J connectivity index is 2.00. The highest BCUT2D eigenvalue weighted by Crippen LogP contribution is 2.41. The molecule has 1 heterocycles. The van der Waals surface area contributed by atoms with Crippen LogP contribution < -0.4 is 0 Å². The van der Waals surface area contributed by atoms with Crippen LogP contribution in [0.25, 0.3) is 0 Å². The summed E-state index contributed by atoms with van der Waals surface area (Å²) in [5.74, 6) is 0.331. The lowest BCUT2D eigenvalue weighted by molar-refractivity contribution is -0.126. The zero-order chi connectivity index (χ0) is 9.47. The lowest BCUT2D eigenvalue weighted by Gasteiger charge is -2.40. The van der Waals surface area contributed by atoms with Crippen molar-refractivity contribution in [2.75, 3.05) is 12.3 Å².